The first-order valence-electron chi connectivity index (χ1n) is 5.57. The topological polar surface area (TPSA) is 12.0 Å². The van der Waals surface area contributed by atoms with Crippen LogP contribution in [-0.4, -0.2) is 13.1 Å². The van der Waals surface area contributed by atoms with E-state index in [4.69, 9.17) is 0 Å². The molecule has 1 rings (SSSR count). The summed E-state index contributed by atoms with van der Waals surface area (Å²) in [5.74, 6) is -2.95. The average Bonchev–Trinajstić information content (AvgIpc) is 2.26. The lowest BCUT2D eigenvalue weighted by Gasteiger charge is -2.04. The molecule has 0 aliphatic rings. The summed E-state index contributed by atoms with van der Waals surface area (Å²) in [4.78, 5) is 0. The maximum atomic E-state index is 13.3. The van der Waals surface area contributed by atoms with Gasteiger partial charge in [-0.1, -0.05) is 18.6 Å². The fourth-order valence-corrected chi connectivity index (χ4v) is 1.43. The maximum absolute atomic E-state index is 13.3. The first-order chi connectivity index (χ1) is 8.04. The summed E-state index contributed by atoms with van der Waals surface area (Å²) < 4.78 is 38.9. The Morgan fingerprint density at radius 1 is 1.18 bits per heavy atom. The molecule has 94 valence electrons. The minimum absolute atomic E-state index is 0.0692. The first kappa shape index (κ1) is 13.8. The molecule has 0 aromatic heterocycles. The van der Waals surface area contributed by atoms with E-state index in [2.05, 4.69) is 5.32 Å². The van der Waals surface area contributed by atoms with Gasteiger partial charge in [0.25, 0.3) is 0 Å². The number of hydrogen-bond donors (Lipinski definition) is 1. The highest BCUT2D eigenvalue weighted by Gasteiger charge is 2.07. The van der Waals surface area contributed by atoms with E-state index >= 15 is 0 Å². The van der Waals surface area contributed by atoms with Crippen LogP contribution in [0, 0.1) is 17.5 Å². The average molecular weight is 243 g/mol. The summed E-state index contributed by atoms with van der Waals surface area (Å²) in [5.41, 5.74) is 0.933. The Morgan fingerprint density at radius 2 is 1.82 bits per heavy atom. The Morgan fingerprint density at radius 3 is 2.47 bits per heavy atom. The molecule has 4 heteroatoms. The van der Waals surface area contributed by atoms with E-state index in [-0.39, 0.29) is 5.56 Å². The fraction of sp³-hybridized carbons (Fsp3) is 0.385. The normalized spacial score (nSPS) is 11.9. The van der Waals surface area contributed by atoms with Gasteiger partial charge in [0.1, 0.15) is 5.82 Å². The van der Waals surface area contributed by atoms with Crippen LogP contribution in [0.3, 0.4) is 0 Å². The Balaban J connectivity index is 2.79. The summed E-state index contributed by atoms with van der Waals surface area (Å²) >= 11 is 0. The van der Waals surface area contributed by atoms with Crippen molar-refractivity contribution in [3.05, 3.63) is 40.7 Å². The third-order valence-electron chi connectivity index (χ3n) is 2.27. The first-order valence-corrected chi connectivity index (χ1v) is 5.57. The van der Waals surface area contributed by atoms with Crippen molar-refractivity contribution in [2.24, 2.45) is 0 Å². The van der Waals surface area contributed by atoms with Crippen molar-refractivity contribution in [1.29, 1.82) is 0 Å². The van der Waals surface area contributed by atoms with E-state index in [1.807, 2.05) is 13.8 Å². The molecule has 0 heterocycles. The molecule has 0 fully saturated rings. The van der Waals surface area contributed by atoms with Crippen LogP contribution in [0.2, 0.25) is 0 Å². The maximum Gasteiger partial charge on any atom is 0.161 e. The Bertz CT molecular complexity index is 413. The van der Waals surface area contributed by atoms with E-state index in [0.29, 0.717) is 12.6 Å². The minimum Gasteiger partial charge on any atom is -0.313 e. The molecule has 0 unspecified atom stereocenters. The number of rotatable bonds is 5. The zero-order valence-corrected chi connectivity index (χ0v) is 9.99. The van der Waals surface area contributed by atoms with E-state index in [9.17, 15) is 13.2 Å². The van der Waals surface area contributed by atoms with Crippen molar-refractivity contribution >= 4 is 6.08 Å². The molecule has 0 atom stereocenters. The molecule has 1 N–H and O–H groups in total. The second-order valence-corrected chi connectivity index (χ2v) is 3.96. The van der Waals surface area contributed by atoms with E-state index in [1.54, 1.807) is 0 Å². The van der Waals surface area contributed by atoms with Crippen LogP contribution in [0.5, 0.6) is 0 Å². The van der Waals surface area contributed by atoms with E-state index in [1.165, 1.54) is 6.08 Å². The van der Waals surface area contributed by atoms with Crippen molar-refractivity contribution in [1.82, 2.24) is 5.32 Å². The summed E-state index contributed by atoms with van der Waals surface area (Å²) in [6.45, 7) is 5.32. The van der Waals surface area contributed by atoms with Crippen molar-refractivity contribution in [3.8, 4) is 0 Å². The van der Waals surface area contributed by atoms with Gasteiger partial charge >= 0.3 is 0 Å². The van der Waals surface area contributed by atoms with Gasteiger partial charge < -0.3 is 5.32 Å². The molecule has 0 saturated carbocycles. The standard InChI is InChI=1S/C13H16F3N/c1-3-4-17-8-9(2)5-10-6-12(15)13(16)7-11(10)14/h5-7,17H,3-4,8H2,1-2H3/b9-5+. The molecule has 0 aliphatic carbocycles. The van der Waals surface area contributed by atoms with Crippen molar-refractivity contribution in [2.75, 3.05) is 13.1 Å². The lowest BCUT2D eigenvalue weighted by molar-refractivity contribution is 0.494. The van der Waals surface area contributed by atoms with Gasteiger partial charge in [-0.05, 0) is 26.0 Å². The van der Waals surface area contributed by atoms with Gasteiger partial charge in [-0.3, -0.25) is 0 Å². The summed E-state index contributed by atoms with van der Waals surface area (Å²) in [5, 5.41) is 3.14. The number of hydrogen-bond acceptors (Lipinski definition) is 1. The molecular weight excluding hydrogens is 227 g/mol. The van der Waals surface area contributed by atoms with Gasteiger partial charge in [0.2, 0.25) is 0 Å². The molecule has 17 heavy (non-hydrogen) atoms. The smallest absolute Gasteiger partial charge is 0.161 e. The zero-order chi connectivity index (χ0) is 12.8. The fourth-order valence-electron chi connectivity index (χ4n) is 1.43. The number of halogens is 3. The van der Waals surface area contributed by atoms with Gasteiger partial charge in [0.05, 0.1) is 0 Å². The molecule has 1 aromatic carbocycles. The van der Waals surface area contributed by atoms with Crippen molar-refractivity contribution < 1.29 is 13.2 Å². The molecule has 0 bridgehead atoms. The largest absolute Gasteiger partial charge is 0.313 e. The number of nitrogens with one attached hydrogen (secondary N) is 1. The Hall–Kier alpha value is -1.29. The van der Waals surface area contributed by atoms with Crippen LogP contribution in [0.25, 0.3) is 6.08 Å². The lowest BCUT2D eigenvalue weighted by atomic mass is 10.1. The third-order valence-corrected chi connectivity index (χ3v) is 2.27. The predicted molar refractivity (Wildman–Crippen MR) is 63.1 cm³/mol. The molecule has 0 amide bonds. The Labute approximate surface area is 99.3 Å². The van der Waals surface area contributed by atoms with Gasteiger partial charge in [0.15, 0.2) is 11.6 Å². The van der Waals surface area contributed by atoms with E-state index < -0.39 is 17.5 Å². The van der Waals surface area contributed by atoms with E-state index in [0.717, 1.165) is 24.6 Å². The van der Waals surface area contributed by atoms with Gasteiger partial charge in [0, 0.05) is 18.2 Å². The van der Waals surface area contributed by atoms with Crippen LogP contribution < -0.4 is 5.32 Å². The molecule has 0 spiro atoms. The van der Waals surface area contributed by atoms with Crippen molar-refractivity contribution in [3.63, 3.8) is 0 Å². The number of benzene rings is 1. The van der Waals surface area contributed by atoms with Gasteiger partial charge in [-0.15, -0.1) is 0 Å². The van der Waals surface area contributed by atoms with Crippen LogP contribution in [-0.2, 0) is 0 Å². The molecule has 0 radical (unpaired) electrons. The predicted octanol–water partition coefficient (Wildman–Crippen LogP) is 3.51. The summed E-state index contributed by atoms with van der Waals surface area (Å²) in [6, 6.07) is 1.43. The van der Waals surface area contributed by atoms with Crippen LogP contribution in [0.4, 0.5) is 13.2 Å². The molecule has 0 saturated heterocycles. The highest BCUT2D eigenvalue weighted by molar-refractivity contribution is 5.53. The molecule has 1 nitrogen and oxygen atoms in total. The molecule has 0 aliphatic heterocycles. The highest BCUT2D eigenvalue weighted by Crippen LogP contribution is 2.16. The van der Waals surface area contributed by atoms with Gasteiger partial charge in [-0.2, -0.15) is 0 Å². The van der Waals surface area contributed by atoms with Gasteiger partial charge in [-0.25, -0.2) is 13.2 Å². The molecular formula is C13H16F3N. The van der Waals surface area contributed by atoms with Crippen molar-refractivity contribution in [2.45, 2.75) is 20.3 Å². The molecule has 1 aromatic rings. The third kappa shape index (κ3) is 4.23. The summed E-state index contributed by atoms with van der Waals surface area (Å²) in [6.07, 6.45) is 2.52. The monoisotopic (exact) mass is 243 g/mol. The SMILES string of the molecule is CCCNC/C(C)=C/c1cc(F)c(F)cc1F. The second kappa shape index (κ2) is 6.45. The minimum atomic E-state index is -1.17. The van der Waals surface area contributed by atoms with Crippen LogP contribution in [0.1, 0.15) is 25.8 Å². The van der Waals surface area contributed by atoms with Crippen LogP contribution >= 0.6 is 0 Å². The van der Waals surface area contributed by atoms with Crippen LogP contribution in [0.15, 0.2) is 17.7 Å². The zero-order valence-electron chi connectivity index (χ0n) is 9.99. The highest BCUT2D eigenvalue weighted by atomic mass is 19.2. The summed E-state index contributed by atoms with van der Waals surface area (Å²) in [7, 11) is 0. The second-order valence-electron chi connectivity index (χ2n) is 3.96. The lowest BCUT2D eigenvalue weighted by Crippen LogP contribution is -2.16. The Kier molecular flexibility index (Phi) is 5.22. The quantitative estimate of drug-likeness (QED) is 0.616.